The number of ketones is 1. The number of nitrogens with zero attached hydrogens (tertiary/aromatic N) is 5. The lowest BCUT2D eigenvalue weighted by Gasteiger charge is -2.46. The van der Waals surface area contributed by atoms with E-state index < -0.39 is 89.6 Å². The maximum absolute atomic E-state index is 14.5. The van der Waals surface area contributed by atoms with Crippen molar-refractivity contribution in [1.82, 2.24) is 35.4 Å². The number of cyclic esters (lactones) is 1. The van der Waals surface area contributed by atoms with Crippen LogP contribution in [0.5, 0.6) is 0 Å². The van der Waals surface area contributed by atoms with Gasteiger partial charge < -0.3 is 55.2 Å². The second kappa shape index (κ2) is 22.7. The molecule has 66 heavy (non-hydrogen) atoms. The number of aromatic nitrogens is 3. The number of ether oxygens (including phenoxy) is 5. The lowest BCUT2D eigenvalue weighted by atomic mass is 9.78. The van der Waals surface area contributed by atoms with Gasteiger partial charge in [-0.3, -0.25) is 24.0 Å². The number of fused-ring (bicyclic) bond motifs is 1. The quantitative estimate of drug-likeness (QED) is 0.0697. The molecule has 3 unspecified atom stereocenters. The second-order valence-electron chi connectivity index (χ2n) is 19.4. The van der Waals surface area contributed by atoms with Gasteiger partial charge in [-0.15, -0.1) is 5.10 Å². The lowest BCUT2D eigenvalue weighted by molar-refractivity contribution is -0.295. The SMILES string of the molecule is CC[C@H]1OC(=O)[C@H](C)C(=O)[C@H](C)[C@@H](O[C@@H]2OC(C)CC(N(C)C)C2O)[C@](C)(OC)C[C@@H](C)CN[C@H](CCN[C@H](C)C(=O)O)[C@H]2N(CCCCn3cc(-c4cccc(N)c4)nn3)C(=O)O[C@]12C. The fourth-order valence-electron chi connectivity index (χ4n) is 10.1. The highest BCUT2D eigenvalue weighted by Gasteiger charge is 2.59. The Hall–Kier alpha value is -4.24. The monoisotopic (exact) mass is 929 g/mol. The number of aliphatic carboxylic acids is 1. The van der Waals surface area contributed by atoms with Crippen LogP contribution < -0.4 is 16.4 Å². The largest absolute Gasteiger partial charge is 0.480 e. The highest BCUT2D eigenvalue weighted by atomic mass is 16.7. The first-order valence-electron chi connectivity index (χ1n) is 23.5. The highest BCUT2D eigenvalue weighted by molar-refractivity contribution is 6.00. The first-order valence-corrected chi connectivity index (χ1v) is 23.5. The Labute approximate surface area is 389 Å². The smallest absolute Gasteiger partial charge is 0.410 e. The van der Waals surface area contributed by atoms with Crippen molar-refractivity contribution in [3.8, 4) is 11.3 Å². The molecule has 3 fully saturated rings. The molecule has 3 saturated heterocycles. The van der Waals surface area contributed by atoms with Crippen LogP contribution in [0, 0.1) is 17.8 Å². The Kier molecular flexibility index (Phi) is 18.1. The van der Waals surface area contributed by atoms with Gasteiger partial charge in [-0.25, -0.2) is 4.79 Å². The van der Waals surface area contributed by atoms with Crippen LogP contribution in [0.15, 0.2) is 30.5 Å². The third-order valence-electron chi connectivity index (χ3n) is 13.9. The van der Waals surface area contributed by atoms with E-state index in [0.717, 1.165) is 5.56 Å². The molecule has 6 N–H and O–H groups in total. The van der Waals surface area contributed by atoms with E-state index in [1.165, 1.54) is 6.92 Å². The van der Waals surface area contributed by atoms with Crippen LogP contribution in [0.3, 0.4) is 0 Å². The van der Waals surface area contributed by atoms with E-state index in [9.17, 15) is 29.4 Å². The minimum absolute atomic E-state index is 0.137. The van der Waals surface area contributed by atoms with E-state index in [4.69, 9.17) is 29.4 Å². The number of unbranched alkanes of at least 4 members (excludes halogenated alkanes) is 1. The third-order valence-corrected chi connectivity index (χ3v) is 13.9. The summed E-state index contributed by atoms with van der Waals surface area (Å²) in [5.41, 5.74) is 5.62. The molecule has 0 saturated carbocycles. The molecule has 19 nitrogen and oxygen atoms in total. The number of nitrogen functional groups attached to an aromatic ring is 1. The Morgan fingerprint density at radius 3 is 2.50 bits per heavy atom. The molecule has 5 rings (SSSR count). The van der Waals surface area contributed by atoms with Gasteiger partial charge in [0, 0.05) is 49.5 Å². The van der Waals surface area contributed by atoms with Crippen LogP contribution in [0.1, 0.15) is 93.9 Å². The molecule has 3 aliphatic heterocycles. The molecular weight excluding hydrogens is 853 g/mol. The topological polar surface area (TPSA) is 242 Å². The Bertz CT molecular complexity index is 1950. The first kappa shape index (κ1) is 52.7. The summed E-state index contributed by atoms with van der Waals surface area (Å²) in [7, 11) is 5.32. The number of esters is 1. The van der Waals surface area contributed by atoms with Crippen molar-refractivity contribution < 1.29 is 53.1 Å². The number of aliphatic hydroxyl groups is 1. The lowest BCUT2D eigenvalue weighted by Crippen LogP contribution is -2.62. The van der Waals surface area contributed by atoms with Crippen molar-refractivity contribution in [1.29, 1.82) is 0 Å². The van der Waals surface area contributed by atoms with Gasteiger partial charge in [0.2, 0.25) is 0 Å². The van der Waals surface area contributed by atoms with Crippen molar-refractivity contribution in [3.05, 3.63) is 30.5 Å². The Balaban J connectivity index is 1.47. The first-order chi connectivity index (χ1) is 31.1. The summed E-state index contributed by atoms with van der Waals surface area (Å²) in [5.74, 6) is -4.54. The summed E-state index contributed by atoms with van der Waals surface area (Å²) in [6, 6.07) is 5.11. The van der Waals surface area contributed by atoms with E-state index in [-0.39, 0.29) is 31.0 Å². The number of aryl methyl sites for hydroxylation is 1. The molecule has 3 aliphatic rings. The number of rotatable bonds is 16. The molecule has 0 radical (unpaired) electrons. The number of Topliss-reactive ketones (excluding diaryl/α,β-unsaturated/α-hetero) is 1. The number of nitrogens with one attached hydrogen (secondary N) is 2. The zero-order valence-corrected chi connectivity index (χ0v) is 40.8. The fourth-order valence-corrected chi connectivity index (χ4v) is 10.1. The number of carboxylic acid groups (broad SMARTS) is 1. The van der Waals surface area contributed by atoms with Gasteiger partial charge in [0.15, 0.2) is 17.7 Å². The molecule has 14 atom stereocenters. The molecule has 1 aromatic heterocycles. The van der Waals surface area contributed by atoms with Gasteiger partial charge in [0.25, 0.3) is 0 Å². The number of nitrogens with two attached hydrogens (primary N) is 1. The van der Waals surface area contributed by atoms with E-state index in [1.807, 2.05) is 71.1 Å². The van der Waals surface area contributed by atoms with Crippen LogP contribution in [0.2, 0.25) is 0 Å². The summed E-state index contributed by atoms with van der Waals surface area (Å²) >= 11 is 0. The van der Waals surface area contributed by atoms with Gasteiger partial charge in [0.1, 0.15) is 29.9 Å². The zero-order valence-electron chi connectivity index (χ0n) is 40.8. The molecule has 0 bridgehead atoms. The fraction of sp³-hybridized carbons (Fsp3) is 0.745. The van der Waals surface area contributed by atoms with Gasteiger partial charge in [0.05, 0.1) is 30.0 Å². The van der Waals surface area contributed by atoms with Crippen molar-refractivity contribution >= 4 is 29.5 Å². The van der Waals surface area contributed by atoms with Crippen LogP contribution in [0.25, 0.3) is 11.3 Å². The third kappa shape index (κ3) is 12.3. The second-order valence-corrected chi connectivity index (χ2v) is 19.4. The maximum atomic E-state index is 14.5. The number of hydrogen-bond acceptors (Lipinski definition) is 16. The van der Waals surface area contributed by atoms with Crippen molar-refractivity contribution in [3.63, 3.8) is 0 Å². The van der Waals surface area contributed by atoms with Crippen LogP contribution >= 0.6 is 0 Å². The molecule has 1 amide bonds. The number of amides is 1. The predicted molar refractivity (Wildman–Crippen MR) is 246 cm³/mol. The van der Waals surface area contributed by atoms with Crippen molar-refractivity contribution in [2.45, 2.75) is 167 Å². The van der Waals surface area contributed by atoms with E-state index >= 15 is 0 Å². The number of aliphatic hydroxyl groups excluding tert-OH is 1. The van der Waals surface area contributed by atoms with E-state index in [1.54, 1.807) is 43.5 Å². The van der Waals surface area contributed by atoms with E-state index in [2.05, 4.69) is 20.9 Å². The molecule has 1 aromatic carbocycles. The normalized spacial score (nSPS) is 34.3. The van der Waals surface area contributed by atoms with Gasteiger partial charge in [-0.2, -0.15) is 0 Å². The molecule has 19 heteroatoms. The number of methoxy groups -OCH3 is 1. The predicted octanol–water partition coefficient (Wildman–Crippen LogP) is 3.72. The Morgan fingerprint density at radius 2 is 1.85 bits per heavy atom. The summed E-state index contributed by atoms with van der Waals surface area (Å²) in [6.45, 7) is 15.7. The van der Waals surface area contributed by atoms with Crippen molar-refractivity contribution in [2.75, 3.05) is 46.6 Å². The number of likely N-dealkylation sites (N-methyl/N-ethyl adjacent to an activating group) is 1. The van der Waals surface area contributed by atoms with Gasteiger partial charge in [-0.05, 0) is 118 Å². The number of carbonyl (C=O) groups excluding carboxylic acids is 3. The van der Waals surface area contributed by atoms with Gasteiger partial charge >= 0.3 is 18.0 Å². The summed E-state index contributed by atoms with van der Waals surface area (Å²) in [4.78, 5) is 58.5. The van der Waals surface area contributed by atoms with E-state index in [0.29, 0.717) is 63.1 Å². The Morgan fingerprint density at radius 1 is 1.14 bits per heavy atom. The number of carboxylic acids is 1. The minimum atomic E-state index is -1.39. The van der Waals surface area contributed by atoms with Crippen LogP contribution in [-0.2, 0) is 44.6 Å². The molecular formula is C47H76N8O11. The molecule has 0 spiro atoms. The molecule has 0 aliphatic carbocycles. The number of benzene rings is 1. The number of carbonyl (C=O) groups is 4. The highest BCUT2D eigenvalue weighted by Crippen LogP contribution is 2.41. The van der Waals surface area contributed by atoms with Crippen molar-refractivity contribution in [2.24, 2.45) is 17.8 Å². The standard InChI is InChI=1S/C47H76N8O11/c1-12-37-47(8)40(55(45(61)66-47)21-14-13-20-54-26-35(51-52-54)32-16-15-17-33(48)23-32)34(18-19-49-31(6)42(58)59)50-25-27(2)24-46(7,62-11)41(29(4)38(56)30(5)43(60)64-37)65-44-39(57)36(53(9)10)22-28(3)63-44/h15-17,23,26-31,34,36-37,39-41,44,49-50,57H,12-14,18-22,24-25,48H2,1-11H3,(H,58,59)/t27-,28?,29+,30-,31-,34-,36?,37-,39?,40-,41-,44+,46-,47-/m1/s1. The zero-order chi connectivity index (χ0) is 48.7. The molecule has 4 heterocycles. The van der Waals surface area contributed by atoms with Crippen LogP contribution in [-0.4, -0.2) is 166 Å². The minimum Gasteiger partial charge on any atom is -0.480 e. The average molecular weight is 929 g/mol. The number of anilines is 1. The maximum Gasteiger partial charge on any atom is 0.410 e. The average Bonchev–Trinajstić information content (AvgIpc) is 3.85. The summed E-state index contributed by atoms with van der Waals surface area (Å²) in [5, 5.41) is 36.7. The summed E-state index contributed by atoms with van der Waals surface area (Å²) in [6.07, 6.45) is -0.274. The molecule has 370 valence electrons. The van der Waals surface area contributed by atoms with Crippen LogP contribution in [0.4, 0.5) is 10.5 Å². The summed E-state index contributed by atoms with van der Waals surface area (Å²) < 4.78 is 33.6. The van der Waals surface area contributed by atoms with Gasteiger partial charge in [-0.1, -0.05) is 38.1 Å². The molecule has 2 aromatic rings. The number of hydrogen-bond donors (Lipinski definition) is 5.